The average molecular weight is 405 g/mol. The number of nitrogens with zero attached hydrogens (tertiary/aromatic N) is 2. The van der Waals surface area contributed by atoms with Crippen LogP contribution in [0.15, 0.2) is 60.8 Å². The summed E-state index contributed by atoms with van der Waals surface area (Å²) < 4.78 is 41.0. The first kappa shape index (κ1) is 18.2. The third kappa shape index (κ3) is 2.93. The van der Waals surface area contributed by atoms with Crippen LogP contribution in [-0.2, 0) is 6.18 Å². The number of hydrogen-bond acceptors (Lipinski definition) is 3. The van der Waals surface area contributed by atoms with Crippen LogP contribution < -0.4 is 0 Å². The molecule has 28 heavy (non-hydrogen) atoms. The van der Waals surface area contributed by atoms with E-state index in [0.717, 1.165) is 12.3 Å². The number of phenols is 2. The number of imidazole rings is 1. The van der Waals surface area contributed by atoms with Gasteiger partial charge in [-0.05, 0) is 36.4 Å². The molecule has 0 atom stereocenters. The van der Waals surface area contributed by atoms with Crippen LogP contribution >= 0.6 is 11.6 Å². The number of rotatable bonds is 2. The van der Waals surface area contributed by atoms with Gasteiger partial charge in [0.2, 0.25) is 0 Å². The smallest absolute Gasteiger partial charge is 0.417 e. The average Bonchev–Trinajstić information content (AvgIpc) is 3.02. The van der Waals surface area contributed by atoms with Crippen molar-refractivity contribution in [3.63, 3.8) is 0 Å². The van der Waals surface area contributed by atoms with Crippen LogP contribution in [0, 0.1) is 0 Å². The van der Waals surface area contributed by atoms with Gasteiger partial charge in [-0.15, -0.1) is 0 Å². The summed E-state index contributed by atoms with van der Waals surface area (Å²) in [5.74, 6) is -0.291. The third-order valence-electron chi connectivity index (χ3n) is 4.35. The number of phenolic OH excluding ortho intramolecular Hbond substituents is 2. The van der Waals surface area contributed by atoms with Crippen molar-refractivity contribution >= 4 is 17.1 Å². The Morgan fingerprint density at radius 1 is 0.893 bits per heavy atom. The molecule has 2 aromatic carbocycles. The van der Waals surface area contributed by atoms with E-state index in [1.807, 2.05) is 0 Å². The summed E-state index contributed by atoms with van der Waals surface area (Å²) in [4.78, 5) is 4.43. The molecule has 0 fully saturated rings. The van der Waals surface area contributed by atoms with Crippen molar-refractivity contribution < 1.29 is 23.4 Å². The van der Waals surface area contributed by atoms with Gasteiger partial charge in [0, 0.05) is 11.8 Å². The van der Waals surface area contributed by atoms with Gasteiger partial charge in [-0.25, -0.2) is 4.98 Å². The minimum Gasteiger partial charge on any atom is -0.507 e. The molecule has 0 saturated heterocycles. The molecule has 142 valence electrons. The lowest BCUT2D eigenvalue weighted by Crippen LogP contribution is -2.06. The number of aromatic nitrogens is 2. The van der Waals surface area contributed by atoms with Crippen LogP contribution in [0.25, 0.3) is 28.2 Å². The number of aromatic hydroxyl groups is 2. The van der Waals surface area contributed by atoms with Gasteiger partial charge < -0.3 is 10.2 Å². The van der Waals surface area contributed by atoms with Crippen molar-refractivity contribution in [3.8, 4) is 34.1 Å². The second-order valence-corrected chi connectivity index (χ2v) is 6.52. The summed E-state index contributed by atoms with van der Waals surface area (Å²) >= 11 is 5.96. The molecule has 0 unspecified atom stereocenters. The molecule has 0 aliphatic rings. The number of alkyl halides is 3. The van der Waals surface area contributed by atoms with Crippen LogP contribution in [0.4, 0.5) is 13.2 Å². The Balaban J connectivity index is 2.08. The van der Waals surface area contributed by atoms with Crippen LogP contribution in [0.2, 0.25) is 5.02 Å². The van der Waals surface area contributed by atoms with E-state index in [2.05, 4.69) is 4.98 Å². The zero-order valence-electron chi connectivity index (χ0n) is 14.1. The molecule has 2 heterocycles. The zero-order chi connectivity index (χ0) is 20.1. The second kappa shape index (κ2) is 6.45. The van der Waals surface area contributed by atoms with E-state index in [0.29, 0.717) is 11.1 Å². The topological polar surface area (TPSA) is 57.8 Å². The maximum atomic E-state index is 13.2. The second-order valence-electron chi connectivity index (χ2n) is 6.11. The molecule has 4 nitrogen and oxygen atoms in total. The summed E-state index contributed by atoms with van der Waals surface area (Å²) in [5, 5.41) is 20.5. The highest BCUT2D eigenvalue weighted by molar-refractivity contribution is 6.32. The molecule has 0 aliphatic heterocycles. The Bertz CT molecular complexity index is 1200. The van der Waals surface area contributed by atoms with Gasteiger partial charge in [-0.2, -0.15) is 13.2 Å². The first-order chi connectivity index (χ1) is 13.3. The lowest BCUT2D eigenvalue weighted by atomic mass is 10.1. The molecule has 0 saturated carbocycles. The molecule has 2 N–H and O–H groups in total. The minimum atomic E-state index is -4.55. The van der Waals surface area contributed by atoms with Crippen molar-refractivity contribution in [1.29, 1.82) is 0 Å². The summed E-state index contributed by atoms with van der Waals surface area (Å²) in [6.45, 7) is 0. The van der Waals surface area contributed by atoms with E-state index in [1.165, 1.54) is 28.7 Å². The van der Waals surface area contributed by atoms with Crippen LogP contribution in [0.1, 0.15) is 5.56 Å². The van der Waals surface area contributed by atoms with Gasteiger partial charge in [0.15, 0.2) is 0 Å². The number of fused-ring (bicyclic) bond motifs is 1. The van der Waals surface area contributed by atoms with Crippen LogP contribution in [-0.4, -0.2) is 19.6 Å². The monoisotopic (exact) mass is 404 g/mol. The SMILES string of the molecule is Oc1ccccc1-c1nc(-c2cccc(Cl)c2O)n2cc(C(F)(F)F)ccc12. The first-order valence-corrected chi connectivity index (χ1v) is 8.50. The molecule has 0 spiro atoms. The van der Waals surface area contributed by atoms with Crippen molar-refractivity contribution in [3.05, 3.63) is 71.4 Å². The van der Waals surface area contributed by atoms with E-state index < -0.39 is 11.7 Å². The highest BCUT2D eigenvalue weighted by atomic mass is 35.5. The number of pyridine rings is 1. The van der Waals surface area contributed by atoms with E-state index >= 15 is 0 Å². The van der Waals surface area contributed by atoms with Crippen molar-refractivity contribution in [2.75, 3.05) is 0 Å². The largest absolute Gasteiger partial charge is 0.507 e. The molecular formula is C20H12ClF3N2O2. The Labute approximate surface area is 162 Å². The predicted molar refractivity (Wildman–Crippen MR) is 99.4 cm³/mol. The van der Waals surface area contributed by atoms with Gasteiger partial charge in [-0.3, -0.25) is 4.40 Å². The van der Waals surface area contributed by atoms with Gasteiger partial charge >= 0.3 is 6.18 Å². The molecule has 0 bridgehead atoms. The first-order valence-electron chi connectivity index (χ1n) is 8.13. The Hall–Kier alpha value is -3.19. The fraction of sp³-hybridized carbons (Fsp3) is 0.0500. The van der Waals surface area contributed by atoms with Crippen molar-refractivity contribution in [2.24, 2.45) is 0 Å². The Morgan fingerprint density at radius 2 is 1.61 bits per heavy atom. The standard InChI is InChI=1S/C20H12ClF3N2O2/c21-14-6-3-5-13(18(14)28)19-25-17(12-4-1-2-7-16(12)27)15-9-8-11(10-26(15)19)20(22,23)24/h1-10,27-28H. The van der Waals surface area contributed by atoms with Crippen LogP contribution in [0.5, 0.6) is 11.5 Å². The summed E-state index contributed by atoms with van der Waals surface area (Å²) in [7, 11) is 0. The molecule has 0 amide bonds. The Kier molecular flexibility index (Phi) is 4.19. The van der Waals surface area contributed by atoms with E-state index in [-0.39, 0.29) is 33.6 Å². The summed E-state index contributed by atoms with van der Waals surface area (Å²) in [6, 6.07) is 13.1. The fourth-order valence-electron chi connectivity index (χ4n) is 3.01. The molecule has 4 aromatic rings. The molecule has 4 rings (SSSR count). The molecule has 0 radical (unpaired) electrons. The van der Waals surface area contributed by atoms with Gasteiger partial charge in [0.25, 0.3) is 0 Å². The summed E-state index contributed by atoms with van der Waals surface area (Å²) in [5.41, 5.74) is 0.269. The fourth-order valence-corrected chi connectivity index (χ4v) is 3.19. The van der Waals surface area contributed by atoms with Gasteiger partial charge in [0.1, 0.15) is 23.0 Å². The van der Waals surface area contributed by atoms with E-state index in [4.69, 9.17) is 11.6 Å². The highest BCUT2D eigenvalue weighted by Crippen LogP contribution is 2.40. The zero-order valence-corrected chi connectivity index (χ0v) is 14.8. The molecule has 8 heteroatoms. The highest BCUT2D eigenvalue weighted by Gasteiger charge is 2.32. The third-order valence-corrected chi connectivity index (χ3v) is 4.66. The summed E-state index contributed by atoms with van der Waals surface area (Å²) in [6.07, 6.45) is -3.65. The molecule has 0 aliphatic carbocycles. The maximum absolute atomic E-state index is 13.2. The maximum Gasteiger partial charge on any atom is 0.417 e. The van der Waals surface area contributed by atoms with Gasteiger partial charge in [0.05, 0.1) is 21.7 Å². The minimum absolute atomic E-state index is 0.0466. The number of benzene rings is 2. The van der Waals surface area contributed by atoms with Gasteiger partial charge in [-0.1, -0.05) is 29.8 Å². The number of para-hydroxylation sites is 2. The molecular weight excluding hydrogens is 393 g/mol. The lowest BCUT2D eigenvalue weighted by Gasteiger charge is -2.09. The van der Waals surface area contributed by atoms with Crippen molar-refractivity contribution in [2.45, 2.75) is 6.18 Å². The van der Waals surface area contributed by atoms with Crippen LogP contribution in [0.3, 0.4) is 0 Å². The predicted octanol–water partition coefficient (Wildman–Crippen LogP) is 5.75. The molecule has 2 aromatic heterocycles. The lowest BCUT2D eigenvalue weighted by molar-refractivity contribution is -0.137. The van der Waals surface area contributed by atoms with Crippen molar-refractivity contribution in [1.82, 2.24) is 9.38 Å². The van der Waals surface area contributed by atoms with E-state index in [9.17, 15) is 23.4 Å². The Morgan fingerprint density at radius 3 is 2.32 bits per heavy atom. The van der Waals surface area contributed by atoms with E-state index in [1.54, 1.807) is 24.3 Å². The normalized spacial score (nSPS) is 11.9. The number of halogens is 4. The number of hydrogen-bond donors (Lipinski definition) is 2. The quantitative estimate of drug-likeness (QED) is 0.447.